The van der Waals surface area contributed by atoms with Crippen molar-refractivity contribution in [2.45, 2.75) is 20.0 Å². The van der Waals surface area contributed by atoms with Crippen molar-refractivity contribution >= 4 is 5.69 Å². The molecule has 17 heavy (non-hydrogen) atoms. The van der Waals surface area contributed by atoms with Crippen molar-refractivity contribution in [2.75, 3.05) is 12.8 Å². The Morgan fingerprint density at radius 2 is 2.06 bits per heavy atom. The van der Waals surface area contributed by atoms with Crippen LogP contribution in [-0.2, 0) is 13.1 Å². The van der Waals surface area contributed by atoms with E-state index < -0.39 is 0 Å². The first-order valence-corrected chi connectivity index (χ1v) is 5.70. The van der Waals surface area contributed by atoms with Gasteiger partial charge in [0.25, 0.3) is 0 Å². The number of nitrogens with zero attached hydrogens (tertiary/aromatic N) is 1. The van der Waals surface area contributed by atoms with Gasteiger partial charge in [-0.1, -0.05) is 12.1 Å². The number of hydrogen-bond acceptors (Lipinski definition) is 3. The number of nitrogens with two attached hydrogens (primary N) is 1. The highest BCUT2D eigenvalue weighted by Crippen LogP contribution is 2.17. The zero-order valence-corrected chi connectivity index (χ0v) is 10.3. The third-order valence-electron chi connectivity index (χ3n) is 2.96. The second-order valence-electron chi connectivity index (χ2n) is 4.44. The molecule has 1 aromatic carbocycles. The zero-order valence-electron chi connectivity index (χ0n) is 10.3. The van der Waals surface area contributed by atoms with Crippen molar-refractivity contribution in [1.82, 2.24) is 4.90 Å². The lowest BCUT2D eigenvalue weighted by atomic mass is 10.1. The Bertz CT molecular complexity index is 477. The average molecular weight is 230 g/mol. The summed E-state index contributed by atoms with van der Waals surface area (Å²) in [5.74, 6) is 0. The van der Waals surface area contributed by atoms with Gasteiger partial charge in [-0.2, -0.15) is 0 Å². The molecule has 2 aromatic rings. The predicted octanol–water partition coefficient (Wildman–Crippen LogP) is 2.80. The van der Waals surface area contributed by atoms with Crippen LogP contribution in [0.25, 0.3) is 0 Å². The van der Waals surface area contributed by atoms with Crippen molar-refractivity contribution in [1.29, 1.82) is 0 Å². The summed E-state index contributed by atoms with van der Waals surface area (Å²) in [6, 6.07) is 8.05. The molecule has 0 saturated heterocycles. The number of anilines is 1. The van der Waals surface area contributed by atoms with Crippen molar-refractivity contribution < 1.29 is 4.42 Å². The predicted molar refractivity (Wildman–Crippen MR) is 69.5 cm³/mol. The van der Waals surface area contributed by atoms with E-state index in [-0.39, 0.29) is 0 Å². The van der Waals surface area contributed by atoms with E-state index in [9.17, 15) is 0 Å². The molecule has 0 spiro atoms. The highest BCUT2D eigenvalue weighted by molar-refractivity contribution is 5.49. The number of hydrogen-bond donors (Lipinski definition) is 1. The van der Waals surface area contributed by atoms with Crippen LogP contribution in [0.5, 0.6) is 0 Å². The summed E-state index contributed by atoms with van der Waals surface area (Å²) >= 11 is 0. The molecule has 2 rings (SSSR count). The monoisotopic (exact) mass is 230 g/mol. The number of benzene rings is 1. The summed E-state index contributed by atoms with van der Waals surface area (Å²) in [6.07, 6.45) is 3.48. The Kier molecular flexibility index (Phi) is 3.49. The molecule has 0 aliphatic heterocycles. The van der Waals surface area contributed by atoms with Crippen molar-refractivity contribution in [2.24, 2.45) is 0 Å². The minimum atomic E-state index is 0.860. The summed E-state index contributed by atoms with van der Waals surface area (Å²) in [4.78, 5) is 2.24. The Balaban J connectivity index is 2.03. The maximum atomic E-state index is 5.90. The molecule has 0 unspecified atom stereocenters. The van der Waals surface area contributed by atoms with Crippen LogP contribution in [-0.4, -0.2) is 11.9 Å². The lowest BCUT2D eigenvalue weighted by Gasteiger charge is -2.17. The van der Waals surface area contributed by atoms with Crippen molar-refractivity contribution in [3.63, 3.8) is 0 Å². The summed E-state index contributed by atoms with van der Waals surface area (Å²) in [5.41, 5.74) is 10.4. The van der Waals surface area contributed by atoms with Gasteiger partial charge < -0.3 is 10.2 Å². The summed E-state index contributed by atoms with van der Waals surface area (Å²) in [5, 5.41) is 0. The van der Waals surface area contributed by atoms with Crippen LogP contribution in [0.3, 0.4) is 0 Å². The highest BCUT2D eigenvalue weighted by atomic mass is 16.3. The molecule has 0 saturated carbocycles. The van der Waals surface area contributed by atoms with Crippen LogP contribution in [0.4, 0.5) is 5.69 Å². The summed E-state index contributed by atoms with van der Waals surface area (Å²) in [6.45, 7) is 3.84. The van der Waals surface area contributed by atoms with E-state index in [1.165, 1.54) is 16.7 Å². The maximum absolute atomic E-state index is 5.90. The second-order valence-corrected chi connectivity index (χ2v) is 4.44. The first kappa shape index (κ1) is 11.7. The molecule has 0 amide bonds. The smallest absolute Gasteiger partial charge is 0.0947 e. The van der Waals surface area contributed by atoms with Gasteiger partial charge >= 0.3 is 0 Å². The van der Waals surface area contributed by atoms with E-state index in [0.717, 1.165) is 18.8 Å². The first-order valence-electron chi connectivity index (χ1n) is 5.70. The summed E-state index contributed by atoms with van der Waals surface area (Å²) in [7, 11) is 2.09. The Labute approximate surface area is 102 Å². The van der Waals surface area contributed by atoms with Crippen molar-refractivity contribution in [3.05, 3.63) is 53.5 Å². The van der Waals surface area contributed by atoms with Gasteiger partial charge in [-0.15, -0.1) is 0 Å². The van der Waals surface area contributed by atoms with Crippen LogP contribution in [0.1, 0.15) is 16.7 Å². The highest BCUT2D eigenvalue weighted by Gasteiger charge is 2.06. The SMILES string of the molecule is Cc1c(N)cccc1CN(C)Cc1ccoc1. The lowest BCUT2D eigenvalue weighted by Crippen LogP contribution is -2.17. The number of nitrogen functional groups attached to an aromatic ring is 1. The van der Waals surface area contributed by atoms with Gasteiger partial charge in [0.15, 0.2) is 0 Å². The fraction of sp³-hybridized carbons (Fsp3) is 0.286. The maximum Gasteiger partial charge on any atom is 0.0947 e. The molecule has 1 heterocycles. The van der Waals surface area contributed by atoms with Gasteiger partial charge in [0.2, 0.25) is 0 Å². The molecular weight excluding hydrogens is 212 g/mol. The molecular formula is C14H18N2O. The zero-order chi connectivity index (χ0) is 12.3. The molecule has 2 N–H and O–H groups in total. The molecule has 0 radical (unpaired) electrons. The van der Waals surface area contributed by atoms with Gasteiger partial charge in [0, 0.05) is 24.3 Å². The van der Waals surface area contributed by atoms with Crippen LogP contribution in [0.15, 0.2) is 41.2 Å². The topological polar surface area (TPSA) is 42.4 Å². The van der Waals surface area contributed by atoms with E-state index in [2.05, 4.69) is 24.9 Å². The quantitative estimate of drug-likeness (QED) is 0.821. The number of furan rings is 1. The van der Waals surface area contributed by atoms with E-state index in [1.807, 2.05) is 18.2 Å². The Morgan fingerprint density at radius 3 is 2.76 bits per heavy atom. The van der Waals surface area contributed by atoms with Gasteiger partial charge in [-0.25, -0.2) is 0 Å². The second kappa shape index (κ2) is 5.06. The third-order valence-corrected chi connectivity index (χ3v) is 2.96. The van der Waals surface area contributed by atoms with E-state index >= 15 is 0 Å². The Hall–Kier alpha value is -1.74. The molecule has 1 aromatic heterocycles. The molecule has 0 aliphatic rings. The molecule has 3 heteroatoms. The Morgan fingerprint density at radius 1 is 1.24 bits per heavy atom. The fourth-order valence-corrected chi connectivity index (χ4v) is 1.92. The third kappa shape index (κ3) is 2.88. The van der Waals surface area contributed by atoms with Crippen molar-refractivity contribution in [3.8, 4) is 0 Å². The van der Waals surface area contributed by atoms with Crippen LogP contribution >= 0.6 is 0 Å². The lowest BCUT2D eigenvalue weighted by molar-refractivity contribution is 0.317. The largest absolute Gasteiger partial charge is 0.472 e. The molecule has 0 atom stereocenters. The standard InChI is InChI=1S/C14H18N2O/c1-11-13(4-3-5-14(11)15)9-16(2)8-12-6-7-17-10-12/h3-7,10H,8-9,15H2,1-2H3. The van der Waals surface area contributed by atoms with Gasteiger partial charge in [-0.3, -0.25) is 4.90 Å². The minimum absolute atomic E-state index is 0.860. The average Bonchev–Trinajstić information content (AvgIpc) is 2.77. The van der Waals surface area contributed by atoms with Gasteiger partial charge in [-0.05, 0) is 37.2 Å². The first-order chi connectivity index (χ1) is 8.16. The van der Waals surface area contributed by atoms with Crippen LogP contribution in [0.2, 0.25) is 0 Å². The van der Waals surface area contributed by atoms with E-state index in [4.69, 9.17) is 10.2 Å². The molecule has 90 valence electrons. The molecule has 0 fully saturated rings. The van der Waals surface area contributed by atoms with Gasteiger partial charge in [0.1, 0.15) is 0 Å². The van der Waals surface area contributed by atoms with Gasteiger partial charge in [0.05, 0.1) is 12.5 Å². The fourth-order valence-electron chi connectivity index (χ4n) is 1.92. The van der Waals surface area contributed by atoms with Crippen LogP contribution < -0.4 is 5.73 Å². The number of rotatable bonds is 4. The summed E-state index contributed by atoms with van der Waals surface area (Å²) < 4.78 is 5.06. The van der Waals surface area contributed by atoms with Crippen LogP contribution in [0, 0.1) is 6.92 Å². The normalized spacial score (nSPS) is 11.0. The van der Waals surface area contributed by atoms with E-state index in [0.29, 0.717) is 0 Å². The molecule has 3 nitrogen and oxygen atoms in total. The minimum Gasteiger partial charge on any atom is -0.472 e. The van der Waals surface area contributed by atoms with E-state index in [1.54, 1.807) is 12.5 Å². The molecule has 0 aliphatic carbocycles. The molecule has 0 bridgehead atoms.